The summed E-state index contributed by atoms with van der Waals surface area (Å²) in [6.45, 7) is 5.70. The highest BCUT2D eigenvalue weighted by molar-refractivity contribution is 7.98. The van der Waals surface area contributed by atoms with Gasteiger partial charge in [-0.25, -0.2) is 0 Å². The first-order valence-corrected chi connectivity index (χ1v) is 11.0. The summed E-state index contributed by atoms with van der Waals surface area (Å²) >= 11 is 1.64. The number of benzene rings is 1. The Morgan fingerprint density at radius 2 is 2.13 bits per heavy atom. The first kappa shape index (κ1) is 20.6. The lowest BCUT2D eigenvalue weighted by Crippen LogP contribution is -2.30. The zero-order valence-electron chi connectivity index (χ0n) is 17.2. The van der Waals surface area contributed by atoms with Gasteiger partial charge in [0.2, 0.25) is 0 Å². The number of likely N-dealkylation sites (tertiary alicyclic amines) is 1. The third kappa shape index (κ3) is 4.74. The summed E-state index contributed by atoms with van der Waals surface area (Å²) in [5.74, 6) is 1.61. The molecule has 6 nitrogen and oxygen atoms in total. The van der Waals surface area contributed by atoms with Crippen LogP contribution in [0.3, 0.4) is 0 Å². The van der Waals surface area contributed by atoms with Crippen LogP contribution in [0.15, 0.2) is 58.2 Å². The van der Waals surface area contributed by atoms with Gasteiger partial charge in [-0.2, -0.15) is 0 Å². The number of thioether (sulfide) groups is 1. The third-order valence-electron chi connectivity index (χ3n) is 5.31. The fourth-order valence-electron chi connectivity index (χ4n) is 3.54. The van der Waals surface area contributed by atoms with Crippen molar-refractivity contribution in [2.75, 3.05) is 13.1 Å². The molecular formula is C23H25N3O3S. The molecule has 7 heteroatoms. The summed E-state index contributed by atoms with van der Waals surface area (Å²) in [5, 5.41) is 4.02. The van der Waals surface area contributed by atoms with Gasteiger partial charge in [0.1, 0.15) is 5.76 Å². The lowest BCUT2D eigenvalue weighted by Gasteiger charge is -2.18. The van der Waals surface area contributed by atoms with Gasteiger partial charge in [0.05, 0.1) is 24.0 Å². The summed E-state index contributed by atoms with van der Waals surface area (Å²) in [6, 6.07) is 11.7. The molecule has 1 aliphatic rings. The number of amides is 1. The molecule has 3 aromatic rings. The molecule has 0 unspecified atom stereocenters. The molecule has 0 radical (unpaired) electrons. The first-order valence-electron chi connectivity index (χ1n) is 10.0. The molecule has 3 heterocycles. The lowest BCUT2D eigenvalue weighted by atomic mass is 10.2. The highest BCUT2D eigenvalue weighted by Gasteiger charge is 2.28. The zero-order valence-corrected chi connectivity index (χ0v) is 18.0. The molecule has 1 amide bonds. The average molecular weight is 424 g/mol. The summed E-state index contributed by atoms with van der Waals surface area (Å²) in [6.07, 6.45) is 4.46. The van der Waals surface area contributed by atoms with Crippen LogP contribution in [-0.4, -0.2) is 40.1 Å². The van der Waals surface area contributed by atoms with Crippen LogP contribution in [0.2, 0.25) is 0 Å². The number of carbonyl (C=O) groups excluding carboxylic acids is 1. The Morgan fingerprint density at radius 3 is 2.90 bits per heavy atom. The van der Waals surface area contributed by atoms with E-state index in [2.05, 4.69) is 10.1 Å². The highest BCUT2D eigenvalue weighted by Crippen LogP contribution is 2.30. The Bertz CT molecular complexity index is 986. The van der Waals surface area contributed by atoms with E-state index < -0.39 is 0 Å². The van der Waals surface area contributed by atoms with Crippen LogP contribution in [0.25, 0.3) is 0 Å². The lowest BCUT2D eigenvalue weighted by molar-refractivity contribution is 0.0435. The fourth-order valence-corrected chi connectivity index (χ4v) is 4.74. The minimum atomic E-state index is 0.0521. The molecule has 0 saturated carbocycles. The van der Waals surface area contributed by atoms with Crippen molar-refractivity contribution >= 4 is 17.7 Å². The van der Waals surface area contributed by atoms with Crippen LogP contribution in [0.4, 0.5) is 0 Å². The largest absolute Gasteiger partial charge is 0.372 e. The molecule has 0 spiro atoms. The predicted octanol–water partition coefficient (Wildman–Crippen LogP) is 4.41. The van der Waals surface area contributed by atoms with Crippen LogP contribution in [-0.2, 0) is 17.1 Å². The van der Waals surface area contributed by atoms with Crippen molar-refractivity contribution in [3.8, 4) is 0 Å². The molecule has 1 saturated heterocycles. The fraction of sp³-hybridized carbons (Fsp3) is 0.348. The van der Waals surface area contributed by atoms with Gasteiger partial charge in [-0.05, 0) is 44.0 Å². The van der Waals surface area contributed by atoms with E-state index in [1.54, 1.807) is 18.0 Å². The summed E-state index contributed by atoms with van der Waals surface area (Å²) in [4.78, 5) is 20.2. The third-order valence-corrected chi connectivity index (χ3v) is 6.41. The van der Waals surface area contributed by atoms with E-state index in [0.717, 1.165) is 45.2 Å². The number of aryl methyl sites for hydroxylation is 2. The quantitative estimate of drug-likeness (QED) is 0.525. The Labute approximate surface area is 180 Å². The van der Waals surface area contributed by atoms with Crippen molar-refractivity contribution in [2.45, 2.75) is 43.6 Å². The van der Waals surface area contributed by atoms with Gasteiger partial charge in [0.25, 0.3) is 5.91 Å². The molecule has 1 atom stereocenters. The van der Waals surface area contributed by atoms with Crippen molar-refractivity contribution in [1.29, 1.82) is 0 Å². The van der Waals surface area contributed by atoms with Crippen molar-refractivity contribution in [3.05, 3.63) is 76.9 Å². The molecule has 0 N–H and O–H groups in total. The van der Waals surface area contributed by atoms with Crippen LogP contribution in [0.1, 0.15) is 39.4 Å². The number of hydrogen-bond donors (Lipinski definition) is 0. The Morgan fingerprint density at radius 1 is 1.27 bits per heavy atom. The molecule has 0 bridgehead atoms. The SMILES string of the molecule is Cc1noc(C)c1CSc1ccccc1C(=O)N1CC[C@H](OCc2cccnc2)C1. The maximum Gasteiger partial charge on any atom is 0.255 e. The Balaban J connectivity index is 1.38. The van der Waals surface area contributed by atoms with Crippen LogP contribution < -0.4 is 0 Å². The van der Waals surface area contributed by atoms with Crippen LogP contribution in [0.5, 0.6) is 0 Å². The monoisotopic (exact) mass is 423 g/mol. The standard InChI is InChI=1S/C23H25N3O3S/c1-16-21(17(2)29-25-16)15-30-22-8-4-3-7-20(22)23(27)26-11-9-19(13-26)28-14-18-6-5-10-24-12-18/h3-8,10,12,19H,9,11,13-15H2,1-2H3/t19-/m0/s1. The summed E-state index contributed by atoms with van der Waals surface area (Å²) in [5.41, 5.74) is 3.77. The second kappa shape index (κ2) is 9.45. The highest BCUT2D eigenvalue weighted by atomic mass is 32.2. The normalized spacial score (nSPS) is 16.2. The van der Waals surface area contributed by atoms with Gasteiger partial charge >= 0.3 is 0 Å². The van der Waals surface area contributed by atoms with Crippen molar-refractivity contribution in [3.63, 3.8) is 0 Å². The van der Waals surface area contributed by atoms with E-state index in [1.165, 1.54) is 0 Å². The van der Waals surface area contributed by atoms with Gasteiger partial charge in [-0.3, -0.25) is 9.78 Å². The van der Waals surface area contributed by atoms with E-state index in [-0.39, 0.29) is 12.0 Å². The molecular weight excluding hydrogens is 398 g/mol. The molecule has 0 aliphatic carbocycles. The van der Waals surface area contributed by atoms with Crippen molar-refractivity contribution in [1.82, 2.24) is 15.0 Å². The van der Waals surface area contributed by atoms with Crippen LogP contribution in [0, 0.1) is 13.8 Å². The van der Waals surface area contributed by atoms with E-state index in [4.69, 9.17) is 9.26 Å². The Hall–Kier alpha value is -2.64. The molecule has 1 aromatic carbocycles. The number of pyridine rings is 1. The Kier molecular flexibility index (Phi) is 6.50. The number of nitrogens with zero attached hydrogens (tertiary/aromatic N) is 3. The number of aromatic nitrogens is 2. The smallest absolute Gasteiger partial charge is 0.255 e. The van der Waals surface area contributed by atoms with Gasteiger partial charge < -0.3 is 14.2 Å². The number of ether oxygens (including phenoxy) is 1. The van der Waals surface area contributed by atoms with E-state index in [9.17, 15) is 4.79 Å². The zero-order chi connectivity index (χ0) is 20.9. The minimum Gasteiger partial charge on any atom is -0.372 e. The second-order valence-electron chi connectivity index (χ2n) is 7.42. The maximum absolute atomic E-state index is 13.2. The molecule has 1 aliphatic heterocycles. The van der Waals surface area contributed by atoms with E-state index in [0.29, 0.717) is 19.7 Å². The van der Waals surface area contributed by atoms with Gasteiger partial charge in [0, 0.05) is 41.7 Å². The molecule has 2 aromatic heterocycles. The second-order valence-corrected chi connectivity index (χ2v) is 8.44. The van der Waals surface area contributed by atoms with Crippen LogP contribution >= 0.6 is 11.8 Å². The van der Waals surface area contributed by atoms with E-state index in [1.807, 2.05) is 61.3 Å². The average Bonchev–Trinajstić information content (AvgIpc) is 3.38. The van der Waals surface area contributed by atoms with Crippen molar-refractivity contribution < 1.29 is 14.1 Å². The van der Waals surface area contributed by atoms with E-state index >= 15 is 0 Å². The number of carbonyl (C=O) groups is 1. The number of rotatable bonds is 7. The van der Waals surface area contributed by atoms with Gasteiger partial charge in [-0.1, -0.05) is 23.4 Å². The van der Waals surface area contributed by atoms with Gasteiger partial charge in [-0.15, -0.1) is 11.8 Å². The van der Waals surface area contributed by atoms with Crippen molar-refractivity contribution in [2.24, 2.45) is 0 Å². The summed E-state index contributed by atoms with van der Waals surface area (Å²) < 4.78 is 11.3. The van der Waals surface area contributed by atoms with Gasteiger partial charge in [0.15, 0.2) is 0 Å². The number of hydrogen-bond acceptors (Lipinski definition) is 6. The molecule has 4 rings (SSSR count). The molecule has 30 heavy (non-hydrogen) atoms. The predicted molar refractivity (Wildman–Crippen MR) is 115 cm³/mol. The molecule has 156 valence electrons. The first-order chi connectivity index (χ1) is 14.6. The topological polar surface area (TPSA) is 68.5 Å². The minimum absolute atomic E-state index is 0.0521. The summed E-state index contributed by atoms with van der Waals surface area (Å²) in [7, 11) is 0. The molecule has 1 fully saturated rings. The maximum atomic E-state index is 13.2.